The molecule has 1 fully saturated rings. The Kier molecular flexibility index (Phi) is 4.53. The van der Waals surface area contributed by atoms with Crippen molar-refractivity contribution in [3.05, 3.63) is 34.6 Å². The van der Waals surface area contributed by atoms with Crippen LogP contribution in [-0.2, 0) is 0 Å². The van der Waals surface area contributed by atoms with Gasteiger partial charge in [0.05, 0.1) is 0 Å². The van der Waals surface area contributed by atoms with Gasteiger partial charge in [-0.05, 0) is 61.6 Å². The summed E-state index contributed by atoms with van der Waals surface area (Å²) in [6.45, 7) is 8.41. The summed E-state index contributed by atoms with van der Waals surface area (Å²) in [6, 6.07) is 3.50. The van der Waals surface area contributed by atoms with Crippen LogP contribution in [-0.4, -0.2) is 0 Å². The molecule has 0 amide bonds. The van der Waals surface area contributed by atoms with Crippen LogP contribution >= 0.6 is 0 Å². The Hall–Kier alpha value is -0.890. The number of benzene rings is 1. The molecule has 1 aliphatic carbocycles. The van der Waals surface area contributed by atoms with Gasteiger partial charge in [0.25, 0.3) is 0 Å². The van der Waals surface area contributed by atoms with E-state index in [1.807, 2.05) is 13.8 Å². The van der Waals surface area contributed by atoms with Crippen LogP contribution < -0.4 is 5.73 Å². The lowest BCUT2D eigenvalue weighted by molar-refractivity contribution is 0.180. The summed E-state index contributed by atoms with van der Waals surface area (Å²) in [7, 11) is 0. The minimum absolute atomic E-state index is 0.0923. The number of nitrogens with two attached hydrogens (primary N) is 1. The second kappa shape index (κ2) is 5.85. The van der Waals surface area contributed by atoms with Gasteiger partial charge >= 0.3 is 0 Å². The monoisotopic (exact) mass is 277 g/mol. The number of rotatable bonds is 4. The number of hydrogen-bond acceptors (Lipinski definition) is 1. The predicted molar refractivity (Wildman–Crippen MR) is 83.2 cm³/mol. The van der Waals surface area contributed by atoms with Gasteiger partial charge in [0.15, 0.2) is 0 Å². The smallest absolute Gasteiger partial charge is 0.128 e. The normalized spacial score (nSPS) is 19.6. The Balaban J connectivity index is 2.40. The van der Waals surface area contributed by atoms with Crippen molar-refractivity contribution < 1.29 is 4.39 Å². The Bertz CT molecular complexity index is 449. The SMILES string of the molecule is Cc1cc(C)c(C(N)C2(CC(C)C)CCCC2)c(F)c1. The van der Waals surface area contributed by atoms with Crippen molar-refractivity contribution in [3.63, 3.8) is 0 Å². The van der Waals surface area contributed by atoms with E-state index < -0.39 is 0 Å². The maximum Gasteiger partial charge on any atom is 0.128 e. The molecule has 0 saturated heterocycles. The minimum atomic E-state index is -0.173. The van der Waals surface area contributed by atoms with Gasteiger partial charge in [-0.15, -0.1) is 0 Å². The fraction of sp³-hybridized carbons (Fsp3) is 0.667. The molecule has 1 aromatic rings. The third-order valence-corrected chi connectivity index (χ3v) is 4.87. The molecule has 0 bridgehead atoms. The van der Waals surface area contributed by atoms with E-state index in [0.29, 0.717) is 5.92 Å². The zero-order valence-electron chi connectivity index (χ0n) is 13.3. The second-order valence-corrected chi connectivity index (χ2v) is 7.12. The van der Waals surface area contributed by atoms with Gasteiger partial charge in [-0.25, -0.2) is 4.39 Å². The Morgan fingerprint density at radius 3 is 2.30 bits per heavy atom. The molecule has 2 rings (SSSR count). The third kappa shape index (κ3) is 2.90. The average Bonchev–Trinajstić information content (AvgIpc) is 2.76. The molecule has 2 N–H and O–H groups in total. The van der Waals surface area contributed by atoms with Crippen LogP contribution in [0.2, 0.25) is 0 Å². The first-order valence-corrected chi connectivity index (χ1v) is 7.88. The molecule has 0 aliphatic heterocycles. The summed E-state index contributed by atoms with van der Waals surface area (Å²) in [6.07, 6.45) is 5.83. The van der Waals surface area contributed by atoms with Crippen LogP contribution in [0.3, 0.4) is 0 Å². The van der Waals surface area contributed by atoms with Crippen LogP contribution in [0.1, 0.15) is 68.7 Å². The Morgan fingerprint density at radius 2 is 1.80 bits per heavy atom. The zero-order valence-corrected chi connectivity index (χ0v) is 13.3. The van der Waals surface area contributed by atoms with Crippen molar-refractivity contribution in [1.82, 2.24) is 0 Å². The van der Waals surface area contributed by atoms with Crippen molar-refractivity contribution in [2.75, 3.05) is 0 Å². The summed E-state index contributed by atoms with van der Waals surface area (Å²) >= 11 is 0. The van der Waals surface area contributed by atoms with Crippen molar-refractivity contribution in [1.29, 1.82) is 0 Å². The fourth-order valence-corrected chi connectivity index (χ4v) is 4.16. The van der Waals surface area contributed by atoms with Gasteiger partial charge in [0.2, 0.25) is 0 Å². The Labute approximate surface area is 122 Å². The molecule has 0 heterocycles. The lowest BCUT2D eigenvalue weighted by Crippen LogP contribution is -2.34. The zero-order chi connectivity index (χ0) is 14.9. The molecule has 0 spiro atoms. The van der Waals surface area contributed by atoms with Crippen molar-refractivity contribution >= 4 is 0 Å². The van der Waals surface area contributed by atoms with Gasteiger partial charge in [-0.2, -0.15) is 0 Å². The van der Waals surface area contributed by atoms with Crippen molar-refractivity contribution in [3.8, 4) is 0 Å². The molecule has 1 aromatic carbocycles. The van der Waals surface area contributed by atoms with E-state index in [4.69, 9.17) is 5.73 Å². The molecule has 1 unspecified atom stereocenters. The van der Waals surface area contributed by atoms with Gasteiger partial charge in [-0.1, -0.05) is 32.8 Å². The molecule has 1 aliphatic rings. The highest BCUT2D eigenvalue weighted by Crippen LogP contribution is 2.51. The molecular formula is C18H28FN. The molecule has 0 radical (unpaired) electrons. The summed E-state index contributed by atoms with van der Waals surface area (Å²) < 4.78 is 14.4. The highest BCUT2D eigenvalue weighted by Gasteiger charge is 2.41. The van der Waals surface area contributed by atoms with E-state index in [0.717, 1.165) is 36.0 Å². The number of aryl methyl sites for hydroxylation is 2. The molecule has 1 atom stereocenters. The third-order valence-electron chi connectivity index (χ3n) is 4.87. The van der Waals surface area contributed by atoms with Crippen LogP contribution in [0.5, 0.6) is 0 Å². The maximum atomic E-state index is 14.4. The van der Waals surface area contributed by atoms with Gasteiger partial charge in [0, 0.05) is 11.6 Å². The minimum Gasteiger partial charge on any atom is -0.323 e. The van der Waals surface area contributed by atoms with Crippen LogP contribution in [0.25, 0.3) is 0 Å². The van der Waals surface area contributed by atoms with E-state index in [-0.39, 0.29) is 17.3 Å². The standard InChI is InChI=1S/C18H28FN/c1-12(2)11-18(7-5-6-8-18)17(20)16-14(4)9-13(3)10-15(16)19/h9-10,12,17H,5-8,11,20H2,1-4H3. The number of halogens is 1. The van der Waals surface area contributed by atoms with Gasteiger partial charge < -0.3 is 5.73 Å². The lowest BCUT2D eigenvalue weighted by Gasteiger charge is -2.38. The van der Waals surface area contributed by atoms with E-state index in [1.54, 1.807) is 6.07 Å². The Morgan fingerprint density at radius 1 is 1.20 bits per heavy atom. The fourth-order valence-electron chi connectivity index (χ4n) is 4.16. The van der Waals surface area contributed by atoms with Gasteiger partial charge in [-0.3, -0.25) is 0 Å². The van der Waals surface area contributed by atoms with Crippen LogP contribution in [0.15, 0.2) is 12.1 Å². The number of hydrogen-bond donors (Lipinski definition) is 1. The predicted octanol–water partition coefficient (Wildman–Crippen LogP) is 5.05. The maximum absolute atomic E-state index is 14.4. The molecule has 1 saturated carbocycles. The average molecular weight is 277 g/mol. The first kappa shape index (κ1) is 15.5. The molecule has 112 valence electrons. The molecule has 0 aromatic heterocycles. The highest BCUT2D eigenvalue weighted by molar-refractivity contribution is 5.35. The first-order valence-electron chi connectivity index (χ1n) is 7.88. The molecule has 1 nitrogen and oxygen atoms in total. The quantitative estimate of drug-likeness (QED) is 0.819. The lowest BCUT2D eigenvalue weighted by atomic mass is 9.70. The first-order chi connectivity index (χ1) is 9.35. The topological polar surface area (TPSA) is 26.0 Å². The second-order valence-electron chi connectivity index (χ2n) is 7.12. The summed E-state index contributed by atoms with van der Waals surface area (Å²) in [5, 5.41) is 0. The van der Waals surface area contributed by atoms with E-state index >= 15 is 0 Å². The molecule has 2 heteroatoms. The van der Waals surface area contributed by atoms with Crippen molar-refractivity contribution in [2.45, 2.75) is 65.8 Å². The van der Waals surface area contributed by atoms with Crippen molar-refractivity contribution in [2.24, 2.45) is 17.1 Å². The van der Waals surface area contributed by atoms with Gasteiger partial charge in [0.1, 0.15) is 5.82 Å². The van der Waals surface area contributed by atoms with Crippen LogP contribution in [0.4, 0.5) is 4.39 Å². The van der Waals surface area contributed by atoms with E-state index in [1.165, 1.54) is 12.8 Å². The van der Waals surface area contributed by atoms with E-state index in [2.05, 4.69) is 19.9 Å². The summed E-state index contributed by atoms with van der Waals surface area (Å²) in [4.78, 5) is 0. The summed E-state index contributed by atoms with van der Waals surface area (Å²) in [5.41, 5.74) is 9.41. The van der Waals surface area contributed by atoms with E-state index in [9.17, 15) is 4.39 Å². The highest BCUT2D eigenvalue weighted by atomic mass is 19.1. The largest absolute Gasteiger partial charge is 0.323 e. The molecular weight excluding hydrogens is 249 g/mol. The van der Waals surface area contributed by atoms with Crippen LogP contribution in [0, 0.1) is 31.0 Å². The summed E-state index contributed by atoms with van der Waals surface area (Å²) in [5.74, 6) is 0.484. The molecule has 20 heavy (non-hydrogen) atoms.